The van der Waals surface area contributed by atoms with Crippen LogP contribution < -0.4 is 0 Å². The van der Waals surface area contributed by atoms with Crippen LogP contribution in [0.4, 0.5) is 4.39 Å². The topological polar surface area (TPSA) is 12.4 Å². The summed E-state index contributed by atoms with van der Waals surface area (Å²) in [5, 5.41) is 0. The highest BCUT2D eigenvalue weighted by atomic mass is 32.2. The van der Waals surface area contributed by atoms with Crippen molar-refractivity contribution < 1.29 is 4.39 Å². The molecule has 0 unspecified atom stereocenters. The highest BCUT2D eigenvalue weighted by Gasteiger charge is 2.09. The number of hydrogen-bond donors (Lipinski definition) is 0. The predicted molar refractivity (Wildman–Crippen MR) is 73.1 cm³/mol. The molecule has 1 aromatic rings. The summed E-state index contributed by atoms with van der Waals surface area (Å²) in [4.78, 5) is 1.04. The van der Waals surface area contributed by atoms with Crippen molar-refractivity contribution in [2.24, 2.45) is 4.40 Å². The van der Waals surface area contributed by atoms with Crippen molar-refractivity contribution in [1.29, 1.82) is 0 Å². The van der Waals surface area contributed by atoms with Gasteiger partial charge < -0.3 is 0 Å². The van der Waals surface area contributed by atoms with Gasteiger partial charge in [0.15, 0.2) is 0 Å². The molecular formula is C12H16FNS2. The van der Waals surface area contributed by atoms with E-state index in [0.717, 1.165) is 10.5 Å². The second-order valence-corrected chi connectivity index (χ2v) is 6.79. The monoisotopic (exact) mass is 257 g/mol. The highest BCUT2D eigenvalue weighted by Crippen LogP contribution is 2.25. The molecule has 0 N–H and O–H groups in total. The fourth-order valence-corrected chi connectivity index (χ4v) is 2.08. The second kappa shape index (κ2) is 5.73. The van der Waals surface area contributed by atoms with Gasteiger partial charge in [0.2, 0.25) is 0 Å². The molecule has 4 heteroatoms. The van der Waals surface area contributed by atoms with Crippen molar-refractivity contribution >= 4 is 29.9 Å². The third kappa shape index (κ3) is 4.58. The van der Waals surface area contributed by atoms with Crippen molar-refractivity contribution in [2.75, 3.05) is 6.26 Å². The summed E-state index contributed by atoms with van der Waals surface area (Å²) < 4.78 is 17.4. The Morgan fingerprint density at radius 1 is 1.31 bits per heavy atom. The van der Waals surface area contributed by atoms with Crippen LogP contribution in [0.15, 0.2) is 27.5 Å². The summed E-state index contributed by atoms with van der Waals surface area (Å²) in [5.41, 5.74) is 0.837. The Balaban J connectivity index is 2.83. The van der Waals surface area contributed by atoms with Gasteiger partial charge >= 0.3 is 0 Å². The molecule has 0 saturated carbocycles. The largest absolute Gasteiger partial charge is 0.223 e. The zero-order chi connectivity index (χ0) is 12.2. The number of hydrogen-bond acceptors (Lipinski definition) is 3. The van der Waals surface area contributed by atoms with Crippen LogP contribution >= 0.6 is 23.7 Å². The molecule has 0 saturated heterocycles. The lowest BCUT2D eigenvalue weighted by atomic mass is 10.2. The van der Waals surface area contributed by atoms with E-state index in [1.165, 1.54) is 24.1 Å². The molecule has 0 heterocycles. The van der Waals surface area contributed by atoms with Gasteiger partial charge in [-0.15, -0.1) is 11.8 Å². The van der Waals surface area contributed by atoms with E-state index >= 15 is 0 Å². The molecule has 0 spiro atoms. The van der Waals surface area contributed by atoms with E-state index in [4.69, 9.17) is 0 Å². The van der Waals surface area contributed by atoms with Gasteiger partial charge in [-0.3, -0.25) is 0 Å². The van der Waals surface area contributed by atoms with Gasteiger partial charge in [-0.2, -0.15) is 0 Å². The standard InChI is InChI=1S/C12H16FNS2/c1-12(2,3)16-14-8-9-7-10(13)5-6-11(9)15-4/h5-8H,1-4H3. The van der Waals surface area contributed by atoms with Crippen molar-refractivity contribution in [1.82, 2.24) is 0 Å². The Hall–Kier alpha value is -0.480. The minimum absolute atomic E-state index is 0.0867. The number of halogens is 1. The summed E-state index contributed by atoms with van der Waals surface area (Å²) in [6.07, 6.45) is 3.70. The van der Waals surface area contributed by atoms with E-state index in [1.54, 1.807) is 24.0 Å². The lowest BCUT2D eigenvalue weighted by Gasteiger charge is -2.12. The van der Waals surface area contributed by atoms with Crippen LogP contribution in [0.25, 0.3) is 0 Å². The first kappa shape index (κ1) is 13.6. The fraction of sp³-hybridized carbons (Fsp3) is 0.417. The van der Waals surface area contributed by atoms with Crippen LogP contribution in [-0.4, -0.2) is 17.2 Å². The zero-order valence-corrected chi connectivity index (χ0v) is 11.6. The molecule has 0 bridgehead atoms. The Morgan fingerprint density at radius 3 is 2.56 bits per heavy atom. The van der Waals surface area contributed by atoms with Gasteiger partial charge in [0.1, 0.15) is 5.82 Å². The van der Waals surface area contributed by atoms with E-state index in [0.29, 0.717) is 0 Å². The summed E-state index contributed by atoms with van der Waals surface area (Å²) >= 11 is 3.09. The number of benzene rings is 1. The normalized spacial score (nSPS) is 12.3. The molecule has 0 fully saturated rings. The SMILES string of the molecule is CSc1ccc(F)cc1C=NSC(C)(C)C. The third-order valence-electron chi connectivity index (χ3n) is 1.71. The fourth-order valence-electron chi connectivity index (χ4n) is 1.05. The second-order valence-electron chi connectivity index (χ2n) is 4.32. The van der Waals surface area contributed by atoms with Crippen LogP contribution in [0.2, 0.25) is 0 Å². The van der Waals surface area contributed by atoms with E-state index in [-0.39, 0.29) is 10.6 Å². The predicted octanol–water partition coefficient (Wildman–Crippen LogP) is 4.41. The van der Waals surface area contributed by atoms with E-state index in [1.807, 2.05) is 6.26 Å². The van der Waals surface area contributed by atoms with Crippen LogP contribution in [0.3, 0.4) is 0 Å². The summed E-state index contributed by atoms with van der Waals surface area (Å²) in [6.45, 7) is 6.28. The minimum Gasteiger partial charge on any atom is -0.223 e. The van der Waals surface area contributed by atoms with E-state index < -0.39 is 0 Å². The molecule has 0 aromatic heterocycles. The number of thioether (sulfide) groups is 1. The maximum atomic E-state index is 13.1. The quantitative estimate of drug-likeness (QED) is 0.451. The molecule has 1 nitrogen and oxygen atoms in total. The Bertz CT molecular complexity index is 383. The molecule has 16 heavy (non-hydrogen) atoms. The molecule has 0 aliphatic carbocycles. The minimum atomic E-state index is -0.222. The molecule has 1 aromatic carbocycles. The first-order chi connectivity index (χ1) is 7.42. The van der Waals surface area contributed by atoms with Crippen LogP contribution in [0.1, 0.15) is 26.3 Å². The third-order valence-corrected chi connectivity index (χ3v) is 3.28. The number of rotatable bonds is 3. The molecule has 1 rings (SSSR count). The van der Waals surface area contributed by atoms with Gasteiger partial charge in [-0.25, -0.2) is 8.79 Å². The van der Waals surface area contributed by atoms with Crippen molar-refractivity contribution in [3.8, 4) is 0 Å². The lowest BCUT2D eigenvalue weighted by molar-refractivity contribution is 0.626. The molecular weight excluding hydrogens is 241 g/mol. The first-order valence-electron chi connectivity index (χ1n) is 4.97. The molecule has 0 aliphatic heterocycles. The maximum Gasteiger partial charge on any atom is 0.123 e. The van der Waals surface area contributed by atoms with Gasteiger partial charge in [0.05, 0.1) is 0 Å². The van der Waals surface area contributed by atoms with Gasteiger partial charge in [0.25, 0.3) is 0 Å². The summed E-state index contributed by atoms with van der Waals surface area (Å²) in [5.74, 6) is -0.222. The highest BCUT2D eigenvalue weighted by molar-refractivity contribution is 7.99. The van der Waals surface area contributed by atoms with E-state index in [2.05, 4.69) is 25.2 Å². The Kier molecular flexibility index (Phi) is 4.87. The molecule has 0 aliphatic rings. The average molecular weight is 257 g/mol. The molecule has 0 radical (unpaired) electrons. The van der Waals surface area contributed by atoms with Crippen molar-refractivity contribution in [3.63, 3.8) is 0 Å². The smallest absolute Gasteiger partial charge is 0.123 e. The molecule has 0 atom stereocenters. The van der Waals surface area contributed by atoms with Crippen LogP contribution in [0, 0.1) is 5.82 Å². The van der Waals surface area contributed by atoms with E-state index in [9.17, 15) is 4.39 Å². The average Bonchev–Trinajstić information content (AvgIpc) is 2.16. The van der Waals surface area contributed by atoms with Gasteiger partial charge in [0, 0.05) is 21.4 Å². The summed E-state index contributed by atoms with van der Waals surface area (Å²) in [6, 6.07) is 4.77. The zero-order valence-electron chi connectivity index (χ0n) is 9.95. The lowest BCUT2D eigenvalue weighted by Crippen LogP contribution is -2.05. The van der Waals surface area contributed by atoms with Crippen molar-refractivity contribution in [3.05, 3.63) is 29.6 Å². The number of nitrogens with zero attached hydrogens (tertiary/aromatic N) is 1. The van der Waals surface area contributed by atoms with Crippen molar-refractivity contribution in [2.45, 2.75) is 30.4 Å². The maximum absolute atomic E-state index is 13.1. The summed E-state index contributed by atoms with van der Waals surface area (Å²) in [7, 11) is 0. The Morgan fingerprint density at radius 2 is 2.00 bits per heavy atom. The molecule has 88 valence electrons. The van der Waals surface area contributed by atoms with Crippen LogP contribution in [0.5, 0.6) is 0 Å². The first-order valence-corrected chi connectivity index (χ1v) is 6.97. The Labute approximate surface area is 105 Å². The van der Waals surface area contributed by atoms with Gasteiger partial charge in [-0.05, 0) is 57.2 Å². The van der Waals surface area contributed by atoms with Crippen LogP contribution in [-0.2, 0) is 0 Å². The van der Waals surface area contributed by atoms with Gasteiger partial charge in [-0.1, -0.05) is 0 Å². The molecule has 0 amide bonds.